The number of carbonyl (C=O) groups excluding carboxylic acids is 2. The number of benzene rings is 1. The molecule has 0 unspecified atom stereocenters. The second-order valence-corrected chi connectivity index (χ2v) is 7.73. The zero-order chi connectivity index (χ0) is 27.4. The van der Waals surface area contributed by atoms with Gasteiger partial charge in [-0.15, -0.1) is 0 Å². The summed E-state index contributed by atoms with van der Waals surface area (Å²) in [5.41, 5.74) is 4.95. The molecule has 3 rings (SSSR count). The number of ether oxygens (including phenoxy) is 1. The maximum Gasteiger partial charge on any atom is 0.449 e. The molecule has 2 aromatic rings. The van der Waals surface area contributed by atoms with Gasteiger partial charge in [-0.2, -0.15) is 13.2 Å². The van der Waals surface area contributed by atoms with Crippen LogP contribution in [0.2, 0.25) is 0 Å². The first kappa shape index (κ1) is 28.6. The van der Waals surface area contributed by atoms with Crippen molar-refractivity contribution in [3.63, 3.8) is 0 Å². The number of nitrogens with zero attached hydrogens (tertiary/aromatic N) is 3. The van der Waals surface area contributed by atoms with Crippen LogP contribution < -0.4 is 5.73 Å². The van der Waals surface area contributed by atoms with Crippen molar-refractivity contribution in [2.24, 2.45) is 5.73 Å². The Labute approximate surface area is 200 Å². The number of imidazole rings is 1. The quantitative estimate of drug-likeness (QED) is 0.350. The predicted molar refractivity (Wildman–Crippen MR) is 110 cm³/mol. The van der Waals surface area contributed by atoms with Gasteiger partial charge in [-0.25, -0.2) is 22.9 Å². The number of carboxylic acid groups (broad SMARTS) is 1. The Morgan fingerprint density at radius 2 is 1.72 bits per heavy atom. The van der Waals surface area contributed by atoms with Crippen LogP contribution in [0.5, 0.6) is 0 Å². The summed E-state index contributed by atoms with van der Waals surface area (Å²) in [4.78, 5) is 38.1. The number of aromatic nitrogens is 2. The molecule has 1 amide bonds. The number of esters is 1. The third-order valence-electron chi connectivity index (χ3n) is 5.00. The lowest BCUT2D eigenvalue weighted by molar-refractivity contribution is -0.148. The van der Waals surface area contributed by atoms with Gasteiger partial charge in [0.05, 0.1) is 19.3 Å². The maximum atomic E-state index is 13.8. The van der Waals surface area contributed by atoms with Crippen molar-refractivity contribution < 1.29 is 50.6 Å². The average Bonchev–Trinajstić information content (AvgIpc) is 3.16. The number of hydrogen-bond acceptors (Lipinski definition) is 6. The number of alkyl halides is 3. The number of nitrogens with two attached hydrogens (primary N) is 1. The molecule has 0 aliphatic carbocycles. The minimum absolute atomic E-state index is 0.113. The third kappa shape index (κ3) is 6.96. The van der Waals surface area contributed by atoms with E-state index in [1.54, 1.807) is 0 Å². The molecule has 1 aliphatic heterocycles. The Balaban J connectivity index is 0.00000106. The van der Waals surface area contributed by atoms with E-state index in [0.29, 0.717) is 12.1 Å². The van der Waals surface area contributed by atoms with Gasteiger partial charge in [0, 0.05) is 38.5 Å². The Morgan fingerprint density at radius 1 is 1.14 bits per heavy atom. The summed E-state index contributed by atoms with van der Waals surface area (Å²) < 4.78 is 85.3. The van der Waals surface area contributed by atoms with Crippen LogP contribution in [0.25, 0.3) is 0 Å². The Bertz CT molecular complexity index is 1150. The first-order chi connectivity index (χ1) is 16.6. The van der Waals surface area contributed by atoms with E-state index in [2.05, 4.69) is 9.72 Å². The average molecular weight is 524 g/mol. The topological polar surface area (TPSA) is 128 Å². The van der Waals surface area contributed by atoms with Gasteiger partial charge in [0.1, 0.15) is 5.82 Å². The van der Waals surface area contributed by atoms with Crippen molar-refractivity contribution in [1.29, 1.82) is 0 Å². The van der Waals surface area contributed by atoms with Gasteiger partial charge in [0.15, 0.2) is 17.3 Å². The van der Waals surface area contributed by atoms with Gasteiger partial charge < -0.3 is 25.0 Å². The lowest BCUT2D eigenvalue weighted by Gasteiger charge is -2.30. The standard InChI is InChI=1S/C19H18F6N4O3.C2H4O2/c1-32-17(31)16-14-8-28(2-3-29(14)18(27-16)19(23,24)25)15(30)6-10(26)4-9-5-12(21)13(22)7-11(9)20;1-2(3)4/h5,7,10H,2-4,6,8,26H2,1H3;1H3,(H,3,4)/t10-;/m1./s1. The highest BCUT2D eigenvalue weighted by Crippen LogP contribution is 2.32. The minimum atomic E-state index is -4.82. The largest absolute Gasteiger partial charge is 0.481 e. The molecule has 1 aromatic heterocycles. The number of fused-ring (bicyclic) bond motifs is 1. The highest BCUT2D eigenvalue weighted by Gasteiger charge is 2.42. The second-order valence-electron chi connectivity index (χ2n) is 7.73. The fourth-order valence-electron chi connectivity index (χ4n) is 3.49. The fourth-order valence-corrected chi connectivity index (χ4v) is 3.49. The molecule has 0 bridgehead atoms. The zero-order valence-electron chi connectivity index (χ0n) is 19.0. The third-order valence-corrected chi connectivity index (χ3v) is 5.00. The van der Waals surface area contributed by atoms with Crippen molar-refractivity contribution >= 4 is 17.8 Å². The van der Waals surface area contributed by atoms with Crippen LogP contribution in [0.3, 0.4) is 0 Å². The van der Waals surface area contributed by atoms with Crippen molar-refractivity contribution in [1.82, 2.24) is 14.5 Å². The number of aliphatic carboxylic acids is 1. The maximum absolute atomic E-state index is 13.8. The van der Waals surface area contributed by atoms with Gasteiger partial charge in [-0.1, -0.05) is 0 Å². The first-order valence-electron chi connectivity index (χ1n) is 10.3. The predicted octanol–water partition coefficient (Wildman–Crippen LogP) is 2.50. The highest BCUT2D eigenvalue weighted by molar-refractivity contribution is 5.89. The van der Waals surface area contributed by atoms with E-state index in [1.165, 1.54) is 4.90 Å². The fraction of sp³-hybridized carbons (Fsp3) is 0.429. The Morgan fingerprint density at radius 3 is 2.28 bits per heavy atom. The van der Waals surface area contributed by atoms with Crippen molar-refractivity contribution in [2.75, 3.05) is 13.7 Å². The molecular weight excluding hydrogens is 502 g/mol. The van der Waals surface area contributed by atoms with E-state index >= 15 is 0 Å². The summed E-state index contributed by atoms with van der Waals surface area (Å²) in [5.74, 6) is -7.40. The SMILES string of the molecule is CC(=O)O.COC(=O)c1nc(C(F)(F)F)n2c1CN(C(=O)C[C@H](N)Cc1cc(F)c(F)cc1F)CC2. The van der Waals surface area contributed by atoms with Gasteiger partial charge in [-0.3, -0.25) is 9.59 Å². The van der Waals surface area contributed by atoms with Crippen LogP contribution in [0.4, 0.5) is 26.3 Å². The van der Waals surface area contributed by atoms with E-state index in [1.807, 2.05) is 0 Å². The van der Waals surface area contributed by atoms with Gasteiger partial charge >= 0.3 is 12.1 Å². The minimum Gasteiger partial charge on any atom is -0.481 e. The molecule has 1 aliphatic rings. The van der Waals surface area contributed by atoms with Crippen LogP contribution in [-0.2, 0) is 40.0 Å². The number of halogens is 6. The number of methoxy groups -OCH3 is 1. The Hall–Kier alpha value is -3.62. The Kier molecular flexibility index (Phi) is 9.07. The van der Waals surface area contributed by atoms with E-state index in [4.69, 9.17) is 15.6 Å². The number of carboxylic acids is 1. The van der Waals surface area contributed by atoms with Crippen molar-refractivity contribution in [3.05, 3.63) is 52.4 Å². The molecular formula is C21H22F6N4O5. The molecule has 15 heteroatoms. The molecule has 0 saturated heterocycles. The number of hydrogen-bond donors (Lipinski definition) is 2. The second kappa shape index (κ2) is 11.4. The van der Waals surface area contributed by atoms with E-state index in [-0.39, 0.29) is 43.7 Å². The lowest BCUT2D eigenvalue weighted by atomic mass is 10.0. The van der Waals surface area contributed by atoms with Gasteiger partial charge in [-0.05, 0) is 18.1 Å². The first-order valence-corrected chi connectivity index (χ1v) is 10.3. The molecule has 0 radical (unpaired) electrons. The summed E-state index contributed by atoms with van der Waals surface area (Å²) in [7, 11) is 0.990. The number of amides is 1. The summed E-state index contributed by atoms with van der Waals surface area (Å²) in [6.07, 6.45) is -5.43. The van der Waals surface area contributed by atoms with E-state index < -0.39 is 59.0 Å². The summed E-state index contributed by atoms with van der Waals surface area (Å²) >= 11 is 0. The van der Waals surface area contributed by atoms with Crippen LogP contribution in [0, 0.1) is 17.5 Å². The molecule has 36 heavy (non-hydrogen) atoms. The van der Waals surface area contributed by atoms with Crippen molar-refractivity contribution in [2.45, 2.75) is 45.1 Å². The molecule has 198 valence electrons. The number of carbonyl (C=O) groups is 3. The molecule has 9 nitrogen and oxygen atoms in total. The van der Waals surface area contributed by atoms with Gasteiger partial charge in [0.2, 0.25) is 11.7 Å². The molecule has 0 saturated carbocycles. The lowest BCUT2D eigenvalue weighted by Crippen LogP contribution is -2.42. The van der Waals surface area contributed by atoms with Crippen LogP contribution in [0.1, 0.15) is 40.9 Å². The van der Waals surface area contributed by atoms with E-state index in [9.17, 15) is 35.9 Å². The number of rotatable bonds is 5. The van der Waals surface area contributed by atoms with E-state index in [0.717, 1.165) is 18.6 Å². The van der Waals surface area contributed by atoms with Gasteiger partial charge in [0.25, 0.3) is 5.97 Å². The molecule has 2 heterocycles. The van der Waals surface area contributed by atoms with Crippen LogP contribution in [0.15, 0.2) is 12.1 Å². The smallest absolute Gasteiger partial charge is 0.449 e. The molecule has 0 spiro atoms. The summed E-state index contributed by atoms with van der Waals surface area (Å²) in [6, 6.07) is 0.0485. The monoisotopic (exact) mass is 524 g/mol. The summed E-state index contributed by atoms with van der Waals surface area (Å²) in [6.45, 7) is 0.351. The zero-order valence-corrected chi connectivity index (χ0v) is 19.0. The summed E-state index contributed by atoms with van der Waals surface area (Å²) in [5, 5.41) is 7.42. The molecule has 1 atom stereocenters. The highest BCUT2D eigenvalue weighted by atomic mass is 19.4. The molecule has 1 aromatic carbocycles. The van der Waals surface area contributed by atoms with Crippen LogP contribution >= 0.6 is 0 Å². The molecule has 0 fully saturated rings. The molecule has 3 N–H and O–H groups in total. The van der Waals surface area contributed by atoms with Crippen molar-refractivity contribution in [3.8, 4) is 0 Å². The normalized spacial score (nSPS) is 13.9. The van der Waals surface area contributed by atoms with Crippen LogP contribution in [-0.4, -0.2) is 57.1 Å².